The topological polar surface area (TPSA) is 49.8 Å². The molecule has 0 atom stereocenters. The molecule has 1 aromatic heterocycles. The molecule has 1 amide bonds. The number of ether oxygens (including phenoxy) is 1. The molecular formula is C15H21NO3S. The molecule has 0 spiro atoms. The highest BCUT2D eigenvalue weighted by Crippen LogP contribution is 2.15. The fraction of sp³-hybridized carbons (Fsp3) is 0.533. The number of aliphatic hydroxyl groups is 1. The number of rotatable bonds is 7. The number of aliphatic hydroxyl groups excluding tert-OH is 1. The maximum absolute atomic E-state index is 12.3. The summed E-state index contributed by atoms with van der Waals surface area (Å²) in [6.45, 7) is 6.44. The van der Waals surface area contributed by atoms with Crippen LogP contribution in [0.4, 0.5) is 0 Å². The first kappa shape index (κ1) is 16.7. The Labute approximate surface area is 124 Å². The average molecular weight is 295 g/mol. The van der Waals surface area contributed by atoms with Crippen molar-refractivity contribution in [2.24, 2.45) is 0 Å². The fourth-order valence-electron chi connectivity index (χ4n) is 1.62. The Balaban J connectivity index is 2.64. The van der Waals surface area contributed by atoms with E-state index in [2.05, 4.69) is 11.8 Å². The molecule has 1 aromatic rings. The summed E-state index contributed by atoms with van der Waals surface area (Å²) in [4.78, 5) is 14.9. The van der Waals surface area contributed by atoms with Gasteiger partial charge in [0.25, 0.3) is 5.91 Å². The SMILES string of the molecule is CCOCCN(CC)C(=O)c1csc(C#CCCO)c1. The Morgan fingerprint density at radius 1 is 1.50 bits per heavy atom. The summed E-state index contributed by atoms with van der Waals surface area (Å²) in [7, 11) is 0. The van der Waals surface area contributed by atoms with Crippen molar-refractivity contribution in [1.82, 2.24) is 4.90 Å². The van der Waals surface area contributed by atoms with Crippen molar-refractivity contribution in [1.29, 1.82) is 0 Å². The largest absolute Gasteiger partial charge is 0.395 e. The van der Waals surface area contributed by atoms with Crippen molar-refractivity contribution in [2.45, 2.75) is 20.3 Å². The predicted octanol–water partition coefficient (Wildman–Crippen LogP) is 1.98. The van der Waals surface area contributed by atoms with E-state index in [0.29, 0.717) is 38.3 Å². The Bertz CT molecular complexity index is 473. The van der Waals surface area contributed by atoms with Crippen LogP contribution in [-0.4, -0.2) is 48.8 Å². The van der Waals surface area contributed by atoms with Crippen molar-refractivity contribution in [2.75, 3.05) is 32.9 Å². The number of hydrogen-bond acceptors (Lipinski definition) is 4. The maximum atomic E-state index is 12.3. The third-order valence-corrected chi connectivity index (χ3v) is 3.52. The van der Waals surface area contributed by atoms with Crippen molar-refractivity contribution in [3.8, 4) is 11.8 Å². The molecule has 4 nitrogen and oxygen atoms in total. The van der Waals surface area contributed by atoms with Gasteiger partial charge in [0.1, 0.15) is 0 Å². The van der Waals surface area contributed by atoms with Gasteiger partial charge in [-0.15, -0.1) is 11.3 Å². The number of hydrogen-bond donors (Lipinski definition) is 1. The zero-order chi connectivity index (χ0) is 14.8. The summed E-state index contributed by atoms with van der Waals surface area (Å²) in [5.74, 6) is 5.81. The van der Waals surface area contributed by atoms with Crippen LogP contribution in [0.2, 0.25) is 0 Å². The van der Waals surface area contributed by atoms with Gasteiger partial charge in [-0.3, -0.25) is 4.79 Å². The maximum Gasteiger partial charge on any atom is 0.254 e. The number of likely N-dealkylation sites (N-methyl/N-ethyl adjacent to an activating group) is 1. The van der Waals surface area contributed by atoms with Gasteiger partial charge in [0.2, 0.25) is 0 Å². The Hall–Kier alpha value is -1.35. The Morgan fingerprint density at radius 2 is 2.30 bits per heavy atom. The minimum atomic E-state index is 0.0126. The second-order valence-electron chi connectivity index (χ2n) is 4.06. The van der Waals surface area contributed by atoms with E-state index < -0.39 is 0 Å². The quantitative estimate of drug-likeness (QED) is 0.618. The van der Waals surface area contributed by atoms with Crippen LogP contribution >= 0.6 is 11.3 Å². The third kappa shape index (κ3) is 5.33. The first-order valence-electron chi connectivity index (χ1n) is 6.78. The van der Waals surface area contributed by atoms with Crippen molar-refractivity contribution in [3.63, 3.8) is 0 Å². The molecule has 5 heteroatoms. The Morgan fingerprint density at radius 3 is 2.95 bits per heavy atom. The molecule has 0 saturated heterocycles. The highest BCUT2D eigenvalue weighted by Gasteiger charge is 2.15. The van der Waals surface area contributed by atoms with Crippen molar-refractivity contribution in [3.05, 3.63) is 21.9 Å². The summed E-state index contributed by atoms with van der Waals surface area (Å²) < 4.78 is 5.29. The van der Waals surface area contributed by atoms with Crippen molar-refractivity contribution >= 4 is 17.2 Å². The molecule has 110 valence electrons. The first-order valence-corrected chi connectivity index (χ1v) is 7.66. The smallest absolute Gasteiger partial charge is 0.254 e. The fourth-order valence-corrected chi connectivity index (χ4v) is 2.37. The molecule has 0 fully saturated rings. The van der Waals surface area contributed by atoms with Gasteiger partial charge in [0.05, 0.1) is 23.7 Å². The zero-order valence-electron chi connectivity index (χ0n) is 12.0. The van der Waals surface area contributed by atoms with E-state index in [0.717, 1.165) is 4.88 Å². The van der Waals surface area contributed by atoms with E-state index >= 15 is 0 Å². The van der Waals surface area contributed by atoms with Crippen LogP contribution in [0.5, 0.6) is 0 Å². The zero-order valence-corrected chi connectivity index (χ0v) is 12.8. The summed E-state index contributed by atoms with van der Waals surface area (Å²) in [6.07, 6.45) is 0.455. The van der Waals surface area contributed by atoms with E-state index in [1.165, 1.54) is 11.3 Å². The molecule has 0 radical (unpaired) electrons. The standard InChI is InChI=1S/C15H21NO3S/c1-3-16(8-10-19-4-2)15(18)13-11-14(20-12-13)7-5-6-9-17/h11-12,17H,3-4,6,8-10H2,1-2H3. The molecule has 0 bridgehead atoms. The van der Waals surface area contributed by atoms with Crippen LogP contribution < -0.4 is 0 Å². The van der Waals surface area contributed by atoms with Crippen LogP contribution in [0.3, 0.4) is 0 Å². The van der Waals surface area contributed by atoms with Gasteiger partial charge in [-0.2, -0.15) is 0 Å². The molecule has 0 aliphatic rings. The number of nitrogens with zero attached hydrogens (tertiary/aromatic N) is 1. The van der Waals surface area contributed by atoms with Gasteiger partial charge < -0.3 is 14.7 Å². The summed E-state index contributed by atoms with van der Waals surface area (Å²) in [5, 5.41) is 10.5. The van der Waals surface area contributed by atoms with Gasteiger partial charge in [-0.05, 0) is 19.9 Å². The molecule has 1 rings (SSSR count). The lowest BCUT2D eigenvalue weighted by Gasteiger charge is -2.19. The second kappa shape index (κ2) is 9.54. The van der Waals surface area contributed by atoms with Crippen LogP contribution in [0.1, 0.15) is 35.5 Å². The summed E-state index contributed by atoms with van der Waals surface area (Å²) >= 11 is 1.45. The monoisotopic (exact) mass is 295 g/mol. The lowest BCUT2D eigenvalue weighted by Crippen LogP contribution is -2.33. The van der Waals surface area contributed by atoms with E-state index in [1.807, 2.05) is 19.2 Å². The molecule has 0 aliphatic carbocycles. The van der Waals surface area contributed by atoms with Gasteiger partial charge in [0.15, 0.2) is 0 Å². The highest BCUT2D eigenvalue weighted by molar-refractivity contribution is 7.10. The number of carbonyl (C=O) groups is 1. The van der Waals surface area contributed by atoms with Gasteiger partial charge >= 0.3 is 0 Å². The Kier molecular flexibility index (Phi) is 7.97. The number of carbonyl (C=O) groups excluding carboxylic acids is 1. The summed E-state index contributed by atoms with van der Waals surface area (Å²) in [5.41, 5.74) is 0.668. The van der Waals surface area contributed by atoms with Crippen LogP contribution in [0.15, 0.2) is 11.4 Å². The van der Waals surface area contributed by atoms with Crippen molar-refractivity contribution < 1.29 is 14.6 Å². The molecule has 0 aliphatic heterocycles. The lowest BCUT2D eigenvalue weighted by atomic mass is 10.2. The van der Waals surface area contributed by atoms with E-state index in [4.69, 9.17) is 9.84 Å². The van der Waals surface area contributed by atoms with Gasteiger partial charge in [-0.1, -0.05) is 11.8 Å². The summed E-state index contributed by atoms with van der Waals surface area (Å²) in [6, 6.07) is 1.81. The second-order valence-corrected chi connectivity index (χ2v) is 4.97. The van der Waals surface area contributed by atoms with E-state index in [1.54, 1.807) is 11.0 Å². The number of amides is 1. The van der Waals surface area contributed by atoms with Crippen LogP contribution in [-0.2, 0) is 4.74 Å². The van der Waals surface area contributed by atoms with E-state index in [9.17, 15) is 4.79 Å². The first-order chi connectivity index (χ1) is 9.72. The number of thiophene rings is 1. The molecular weight excluding hydrogens is 274 g/mol. The van der Waals surface area contributed by atoms with Crippen LogP contribution in [0, 0.1) is 11.8 Å². The molecule has 0 aromatic carbocycles. The van der Waals surface area contributed by atoms with Gasteiger partial charge in [0, 0.05) is 31.5 Å². The highest BCUT2D eigenvalue weighted by atomic mass is 32.1. The molecule has 1 heterocycles. The van der Waals surface area contributed by atoms with E-state index in [-0.39, 0.29) is 12.5 Å². The minimum absolute atomic E-state index is 0.0126. The molecule has 0 saturated carbocycles. The molecule has 1 N–H and O–H groups in total. The third-order valence-electron chi connectivity index (χ3n) is 2.67. The van der Waals surface area contributed by atoms with Crippen LogP contribution in [0.25, 0.3) is 0 Å². The minimum Gasteiger partial charge on any atom is -0.395 e. The normalized spacial score (nSPS) is 9.95. The molecule has 0 unspecified atom stereocenters. The van der Waals surface area contributed by atoms with Gasteiger partial charge in [-0.25, -0.2) is 0 Å². The lowest BCUT2D eigenvalue weighted by molar-refractivity contribution is 0.0669. The molecule has 20 heavy (non-hydrogen) atoms. The predicted molar refractivity (Wildman–Crippen MR) is 81.0 cm³/mol. The average Bonchev–Trinajstić information content (AvgIpc) is 2.92.